The summed E-state index contributed by atoms with van der Waals surface area (Å²) in [4.78, 5) is 4.92. The van der Waals surface area contributed by atoms with Crippen molar-refractivity contribution in [2.75, 3.05) is 36.0 Å². The Hall–Kier alpha value is -1.00. The molecule has 1 aliphatic heterocycles. The zero-order valence-corrected chi connectivity index (χ0v) is 15.0. The Bertz CT molecular complexity index is 593. The third-order valence-corrected chi connectivity index (χ3v) is 5.29. The molecule has 1 saturated heterocycles. The van der Waals surface area contributed by atoms with Gasteiger partial charge in [-0.15, -0.1) is 0 Å². The number of alkyl halides is 1. The fraction of sp³-hybridized carbons (Fsp3) is 0.294. The van der Waals surface area contributed by atoms with Gasteiger partial charge in [-0.3, -0.25) is 0 Å². The number of para-hydroxylation sites is 1. The first-order valence-corrected chi connectivity index (χ1v) is 9.09. The van der Waals surface area contributed by atoms with Crippen LogP contribution in [0.3, 0.4) is 0 Å². The van der Waals surface area contributed by atoms with Gasteiger partial charge in [-0.2, -0.15) is 0 Å². The van der Waals surface area contributed by atoms with Crippen LogP contribution in [-0.4, -0.2) is 26.2 Å². The Labute approximate surface area is 143 Å². The highest BCUT2D eigenvalue weighted by atomic mass is 79.9. The van der Waals surface area contributed by atoms with Gasteiger partial charge >= 0.3 is 0 Å². The second kappa shape index (κ2) is 6.84. The summed E-state index contributed by atoms with van der Waals surface area (Å²) in [7, 11) is 0. The second-order valence-corrected chi connectivity index (χ2v) is 6.63. The molecule has 110 valence electrons. The summed E-state index contributed by atoms with van der Waals surface area (Å²) < 4.78 is 1.18. The molecule has 1 fully saturated rings. The van der Waals surface area contributed by atoms with E-state index in [0.29, 0.717) is 0 Å². The summed E-state index contributed by atoms with van der Waals surface area (Å²) in [5.41, 5.74) is 3.92. The quantitative estimate of drug-likeness (QED) is 0.679. The highest BCUT2D eigenvalue weighted by molar-refractivity contribution is 9.10. The maximum atomic E-state index is 3.66. The molecule has 2 aromatic carbocycles. The van der Waals surface area contributed by atoms with E-state index in [-0.39, 0.29) is 0 Å². The Morgan fingerprint density at radius 2 is 1.43 bits per heavy atom. The number of hydrogen-bond donors (Lipinski definition) is 0. The van der Waals surface area contributed by atoms with Crippen LogP contribution in [0, 0.1) is 0 Å². The van der Waals surface area contributed by atoms with Crippen LogP contribution >= 0.6 is 31.9 Å². The molecule has 0 atom stereocenters. The van der Waals surface area contributed by atoms with E-state index in [1.165, 1.54) is 21.4 Å². The number of benzene rings is 2. The van der Waals surface area contributed by atoms with E-state index >= 15 is 0 Å². The number of anilines is 2. The highest BCUT2D eigenvalue weighted by Gasteiger charge is 2.17. The van der Waals surface area contributed by atoms with Crippen molar-refractivity contribution in [2.45, 2.75) is 5.33 Å². The lowest BCUT2D eigenvalue weighted by Crippen LogP contribution is -2.46. The van der Waals surface area contributed by atoms with Crippen molar-refractivity contribution in [3.63, 3.8) is 0 Å². The molecule has 0 amide bonds. The van der Waals surface area contributed by atoms with E-state index in [2.05, 4.69) is 90.2 Å². The molecule has 1 aliphatic rings. The maximum Gasteiger partial charge on any atom is 0.0378 e. The molecular weight excluding hydrogens is 392 g/mol. The predicted molar refractivity (Wildman–Crippen MR) is 97.6 cm³/mol. The summed E-state index contributed by atoms with van der Waals surface area (Å²) in [6, 6.07) is 17.3. The Balaban J connectivity index is 1.67. The van der Waals surface area contributed by atoms with Gasteiger partial charge in [-0.05, 0) is 29.8 Å². The van der Waals surface area contributed by atoms with E-state index in [9.17, 15) is 0 Å². The van der Waals surface area contributed by atoms with Crippen molar-refractivity contribution in [1.29, 1.82) is 0 Å². The van der Waals surface area contributed by atoms with E-state index < -0.39 is 0 Å². The van der Waals surface area contributed by atoms with Gasteiger partial charge in [0.2, 0.25) is 0 Å². The summed E-state index contributed by atoms with van der Waals surface area (Å²) in [6.45, 7) is 4.27. The van der Waals surface area contributed by atoms with Crippen LogP contribution in [0.4, 0.5) is 11.4 Å². The molecule has 1 heterocycles. The third kappa shape index (κ3) is 3.43. The van der Waals surface area contributed by atoms with Gasteiger partial charge < -0.3 is 9.80 Å². The lowest BCUT2D eigenvalue weighted by molar-refractivity contribution is 0.653. The van der Waals surface area contributed by atoms with Crippen molar-refractivity contribution in [2.24, 2.45) is 0 Å². The second-order valence-electron chi connectivity index (χ2n) is 5.22. The Morgan fingerprint density at radius 3 is 2.00 bits per heavy atom. The number of halogens is 2. The smallest absolute Gasteiger partial charge is 0.0378 e. The predicted octanol–water partition coefficient (Wildman–Crippen LogP) is 4.67. The van der Waals surface area contributed by atoms with Crippen LogP contribution < -0.4 is 9.80 Å². The van der Waals surface area contributed by atoms with Crippen molar-refractivity contribution in [3.8, 4) is 0 Å². The first-order chi connectivity index (χ1) is 10.3. The molecule has 0 unspecified atom stereocenters. The van der Waals surface area contributed by atoms with Gasteiger partial charge in [0.15, 0.2) is 0 Å². The molecule has 0 saturated carbocycles. The van der Waals surface area contributed by atoms with E-state index in [1.807, 2.05) is 0 Å². The van der Waals surface area contributed by atoms with Crippen LogP contribution in [-0.2, 0) is 5.33 Å². The lowest BCUT2D eigenvalue weighted by atomic mass is 10.2. The fourth-order valence-corrected chi connectivity index (χ4v) is 4.08. The van der Waals surface area contributed by atoms with Gasteiger partial charge in [0.05, 0.1) is 0 Å². The fourth-order valence-electron chi connectivity index (χ4n) is 2.70. The van der Waals surface area contributed by atoms with Gasteiger partial charge in [0.25, 0.3) is 0 Å². The molecule has 21 heavy (non-hydrogen) atoms. The molecule has 0 bridgehead atoms. The molecule has 0 aliphatic carbocycles. The van der Waals surface area contributed by atoms with Crippen LogP contribution in [0.25, 0.3) is 0 Å². The SMILES string of the molecule is BrCc1ccc(N2CCN(c3ccccc3)CC2)cc1Br. The summed E-state index contributed by atoms with van der Waals surface area (Å²) >= 11 is 7.17. The molecule has 0 aromatic heterocycles. The first-order valence-electron chi connectivity index (χ1n) is 7.17. The van der Waals surface area contributed by atoms with Crippen molar-refractivity contribution >= 4 is 43.2 Å². The molecule has 4 heteroatoms. The zero-order valence-electron chi connectivity index (χ0n) is 11.8. The van der Waals surface area contributed by atoms with Crippen molar-refractivity contribution in [3.05, 3.63) is 58.6 Å². The topological polar surface area (TPSA) is 6.48 Å². The van der Waals surface area contributed by atoms with Crippen molar-refractivity contribution in [1.82, 2.24) is 0 Å². The molecule has 0 N–H and O–H groups in total. The summed E-state index contributed by atoms with van der Waals surface area (Å²) in [6.07, 6.45) is 0. The number of rotatable bonds is 3. The standard InChI is InChI=1S/C17H18Br2N2/c18-13-14-6-7-16(12-17(14)19)21-10-8-20(9-11-21)15-4-2-1-3-5-15/h1-7,12H,8-11,13H2. The number of hydrogen-bond acceptors (Lipinski definition) is 2. The van der Waals surface area contributed by atoms with E-state index in [1.54, 1.807) is 0 Å². The molecule has 2 aromatic rings. The molecule has 2 nitrogen and oxygen atoms in total. The van der Waals surface area contributed by atoms with E-state index in [0.717, 1.165) is 31.5 Å². The largest absolute Gasteiger partial charge is 0.368 e. The van der Waals surface area contributed by atoms with Gasteiger partial charge in [0.1, 0.15) is 0 Å². The average molecular weight is 410 g/mol. The minimum Gasteiger partial charge on any atom is -0.368 e. The average Bonchev–Trinajstić information content (AvgIpc) is 2.56. The van der Waals surface area contributed by atoms with Crippen molar-refractivity contribution < 1.29 is 0 Å². The van der Waals surface area contributed by atoms with Crippen LogP contribution in [0.1, 0.15) is 5.56 Å². The van der Waals surface area contributed by atoms with Gasteiger partial charge in [-0.25, -0.2) is 0 Å². The summed E-state index contributed by atoms with van der Waals surface area (Å²) in [5, 5.41) is 0.885. The minimum absolute atomic E-state index is 0.885. The Morgan fingerprint density at radius 1 is 0.810 bits per heavy atom. The van der Waals surface area contributed by atoms with Crippen LogP contribution in [0.5, 0.6) is 0 Å². The zero-order chi connectivity index (χ0) is 14.7. The molecule has 0 spiro atoms. The normalized spacial score (nSPS) is 15.3. The highest BCUT2D eigenvalue weighted by Crippen LogP contribution is 2.27. The van der Waals surface area contributed by atoms with E-state index in [4.69, 9.17) is 0 Å². The van der Waals surface area contributed by atoms with Crippen LogP contribution in [0.2, 0.25) is 0 Å². The first kappa shape index (κ1) is 14.9. The maximum absolute atomic E-state index is 3.66. The van der Waals surface area contributed by atoms with Gasteiger partial charge in [-0.1, -0.05) is 56.1 Å². The molecule has 3 rings (SSSR count). The Kier molecular flexibility index (Phi) is 4.86. The number of piperazine rings is 1. The number of nitrogens with zero attached hydrogens (tertiary/aromatic N) is 2. The van der Waals surface area contributed by atoms with Gasteiger partial charge in [0, 0.05) is 47.4 Å². The summed E-state index contributed by atoms with van der Waals surface area (Å²) in [5.74, 6) is 0. The third-order valence-electron chi connectivity index (χ3n) is 3.95. The molecule has 0 radical (unpaired) electrons. The lowest BCUT2D eigenvalue weighted by Gasteiger charge is -2.37. The minimum atomic E-state index is 0.885. The molecular formula is C17H18Br2N2. The van der Waals surface area contributed by atoms with Crippen LogP contribution in [0.15, 0.2) is 53.0 Å². The monoisotopic (exact) mass is 408 g/mol.